The van der Waals surface area contributed by atoms with Gasteiger partial charge in [0, 0.05) is 35.8 Å². The van der Waals surface area contributed by atoms with E-state index in [1.165, 1.54) is 0 Å². The molecule has 1 amide bonds. The van der Waals surface area contributed by atoms with Gasteiger partial charge < -0.3 is 19.4 Å². The molecular formula is C27H29N3O3. The van der Waals surface area contributed by atoms with Crippen LogP contribution in [0.3, 0.4) is 0 Å². The van der Waals surface area contributed by atoms with Crippen molar-refractivity contribution in [3.8, 4) is 11.8 Å². The molecule has 4 rings (SSSR count). The quantitative estimate of drug-likeness (QED) is 0.410. The molecule has 0 unspecified atom stereocenters. The minimum Gasteiger partial charge on any atom is -0.491 e. The number of benzene rings is 2. The molecule has 6 heteroatoms. The molecule has 0 aliphatic carbocycles. The molecule has 33 heavy (non-hydrogen) atoms. The van der Waals surface area contributed by atoms with Crippen LogP contribution in [-0.4, -0.2) is 36.3 Å². The second-order valence-electron chi connectivity index (χ2n) is 8.43. The first kappa shape index (κ1) is 22.6. The summed E-state index contributed by atoms with van der Waals surface area (Å²) in [5, 5.41) is 13.4. The SMILES string of the molecule is Cc1ccc(C)c(OCCn2cc(/C=C(/C#N)C(=O)NC[C@@H]3CCCO3)c3ccccc32)c1. The molecular weight excluding hydrogens is 414 g/mol. The van der Waals surface area contributed by atoms with Crippen LogP contribution in [0, 0.1) is 25.2 Å². The molecule has 0 spiro atoms. The average Bonchev–Trinajstić information content (AvgIpc) is 3.46. The van der Waals surface area contributed by atoms with Gasteiger partial charge in [0.05, 0.1) is 12.6 Å². The number of fused-ring (bicyclic) bond motifs is 1. The van der Waals surface area contributed by atoms with Crippen molar-refractivity contribution in [2.75, 3.05) is 19.8 Å². The summed E-state index contributed by atoms with van der Waals surface area (Å²) in [6.07, 6.45) is 5.61. The van der Waals surface area contributed by atoms with Crippen LogP contribution >= 0.6 is 0 Å². The largest absolute Gasteiger partial charge is 0.491 e. The summed E-state index contributed by atoms with van der Waals surface area (Å²) < 4.78 is 13.7. The van der Waals surface area contributed by atoms with Gasteiger partial charge in [0.25, 0.3) is 5.91 Å². The summed E-state index contributed by atoms with van der Waals surface area (Å²) in [5.41, 5.74) is 4.22. The van der Waals surface area contributed by atoms with Gasteiger partial charge >= 0.3 is 0 Å². The predicted octanol–water partition coefficient (Wildman–Crippen LogP) is 4.54. The molecule has 1 N–H and O–H groups in total. The first-order chi connectivity index (χ1) is 16.0. The Kier molecular flexibility index (Phi) is 7.11. The molecule has 2 aromatic carbocycles. The average molecular weight is 444 g/mol. The van der Waals surface area contributed by atoms with Gasteiger partial charge in [0.1, 0.15) is 24.0 Å². The highest BCUT2D eigenvalue weighted by atomic mass is 16.5. The minimum absolute atomic E-state index is 0.0350. The monoisotopic (exact) mass is 443 g/mol. The van der Waals surface area contributed by atoms with E-state index in [4.69, 9.17) is 9.47 Å². The van der Waals surface area contributed by atoms with Crippen molar-refractivity contribution in [1.29, 1.82) is 5.26 Å². The summed E-state index contributed by atoms with van der Waals surface area (Å²) in [6.45, 7) is 6.40. The maximum atomic E-state index is 12.6. The molecule has 1 fully saturated rings. The number of nitriles is 1. The van der Waals surface area contributed by atoms with E-state index < -0.39 is 0 Å². The fraction of sp³-hybridized carbons (Fsp3) is 0.333. The first-order valence-electron chi connectivity index (χ1n) is 11.3. The molecule has 170 valence electrons. The number of nitrogens with zero attached hydrogens (tertiary/aromatic N) is 2. The number of aryl methyl sites for hydroxylation is 2. The Morgan fingerprint density at radius 2 is 2.15 bits per heavy atom. The number of hydrogen-bond acceptors (Lipinski definition) is 4. The lowest BCUT2D eigenvalue weighted by Gasteiger charge is -2.11. The Morgan fingerprint density at radius 3 is 2.94 bits per heavy atom. The van der Waals surface area contributed by atoms with Crippen molar-refractivity contribution in [1.82, 2.24) is 9.88 Å². The highest BCUT2D eigenvalue weighted by molar-refractivity contribution is 6.04. The number of rotatable bonds is 8. The van der Waals surface area contributed by atoms with Gasteiger partial charge in [-0.25, -0.2) is 0 Å². The molecule has 1 aliphatic heterocycles. The third-order valence-corrected chi connectivity index (χ3v) is 5.93. The Morgan fingerprint density at radius 1 is 1.30 bits per heavy atom. The Balaban J connectivity index is 1.50. The maximum Gasteiger partial charge on any atom is 0.262 e. The van der Waals surface area contributed by atoms with Gasteiger partial charge in [-0.05, 0) is 56.0 Å². The molecule has 0 saturated carbocycles. The second kappa shape index (κ2) is 10.4. The first-order valence-corrected chi connectivity index (χ1v) is 11.3. The molecule has 1 atom stereocenters. The van der Waals surface area contributed by atoms with Crippen LogP contribution in [0.4, 0.5) is 0 Å². The summed E-state index contributed by atoms with van der Waals surface area (Å²) in [6, 6.07) is 16.2. The number of hydrogen-bond donors (Lipinski definition) is 1. The van der Waals surface area contributed by atoms with E-state index in [9.17, 15) is 10.1 Å². The fourth-order valence-electron chi connectivity index (χ4n) is 4.10. The number of carbonyl (C=O) groups is 1. The van der Waals surface area contributed by atoms with Gasteiger partial charge in [-0.2, -0.15) is 5.26 Å². The molecule has 3 aromatic rings. The van der Waals surface area contributed by atoms with Crippen LogP contribution in [0.5, 0.6) is 5.75 Å². The number of nitrogens with one attached hydrogen (secondary N) is 1. The van der Waals surface area contributed by atoms with E-state index >= 15 is 0 Å². The zero-order chi connectivity index (χ0) is 23.2. The molecule has 1 aromatic heterocycles. The lowest BCUT2D eigenvalue weighted by Crippen LogP contribution is -2.32. The van der Waals surface area contributed by atoms with Gasteiger partial charge in [0.2, 0.25) is 0 Å². The highest BCUT2D eigenvalue weighted by Crippen LogP contribution is 2.24. The summed E-state index contributed by atoms with van der Waals surface area (Å²) in [4.78, 5) is 12.6. The number of carbonyl (C=O) groups excluding carboxylic acids is 1. The summed E-state index contributed by atoms with van der Waals surface area (Å²) in [5.74, 6) is 0.518. The van der Waals surface area contributed by atoms with Gasteiger partial charge in [0.15, 0.2) is 0 Å². The van der Waals surface area contributed by atoms with E-state index in [2.05, 4.69) is 28.1 Å². The lowest BCUT2D eigenvalue weighted by molar-refractivity contribution is -0.117. The molecule has 2 heterocycles. The van der Waals surface area contributed by atoms with Crippen molar-refractivity contribution in [2.45, 2.75) is 39.3 Å². The number of para-hydroxylation sites is 1. The molecule has 0 radical (unpaired) electrons. The van der Waals surface area contributed by atoms with Crippen molar-refractivity contribution < 1.29 is 14.3 Å². The van der Waals surface area contributed by atoms with E-state index in [-0.39, 0.29) is 17.6 Å². The van der Waals surface area contributed by atoms with Gasteiger partial charge in [-0.15, -0.1) is 0 Å². The van der Waals surface area contributed by atoms with Gasteiger partial charge in [-0.3, -0.25) is 4.79 Å². The lowest BCUT2D eigenvalue weighted by atomic mass is 10.1. The number of aromatic nitrogens is 1. The normalized spacial score (nSPS) is 16.0. The molecule has 1 saturated heterocycles. The van der Waals surface area contributed by atoms with E-state index in [0.717, 1.165) is 52.8 Å². The number of ether oxygens (including phenoxy) is 2. The third-order valence-electron chi connectivity index (χ3n) is 5.93. The van der Waals surface area contributed by atoms with E-state index in [1.54, 1.807) is 6.08 Å². The van der Waals surface area contributed by atoms with Crippen molar-refractivity contribution >= 4 is 22.9 Å². The molecule has 1 aliphatic rings. The summed E-state index contributed by atoms with van der Waals surface area (Å²) >= 11 is 0. The van der Waals surface area contributed by atoms with Crippen LogP contribution in [0.1, 0.15) is 29.5 Å². The van der Waals surface area contributed by atoms with Crippen LogP contribution in [0.15, 0.2) is 54.2 Å². The minimum atomic E-state index is -0.372. The van der Waals surface area contributed by atoms with Gasteiger partial charge in [-0.1, -0.05) is 30.3 Å². The zero-order valence-electron chi connectivity index (χ0n) is 19.1. The van der Waals surface area contributed by atoms with Crippen LogP contribution in [0.2, 0.25) is 0 Å². The Hall–Kier alpha value is -3.56. The van der Waals surface area contributed by atoms with E-state index in [0.29, 0.717) is 19.7 Å². The smallest absolute Gasteiger partial charge is 0.262 e. The Bertz CT molecular complexity index is 1210. The fourth-order valence-corrected chi connectivity index (χ4v) is 4.10. The standard InChI is InChI=1S/C27H29N3O3/c1-19-9-10-20(2)26(14-19)33-13-11-30-18-22(24-7-3-4-8-25(24)30)15-21(16-28)27(31)29-17-23-6-5-12-32-23/h3-4,7-10,14-15,18,23H,5-6,11-13,17H2,1-2H3,(H,29,31)/b21-15-/t23-/m0/s1. The zero-order valence-corrected chi connectivity index (χ0v) is 19.1. The molecule has 0 bridgehead atoms. The maximum absolute atomic E-state index is 12.6. The second-order valence-corrected chi connectivity index (χ2v) is 8.43. The topological polar surface area (TPSA) is 76.3 Å². The predicted molar refractivity (Wildman–Crippen MR) is 129 cm³/mol. The third kappa shape index (κ3) is 5.44. The van der Waals surface area contributed by atoms with Crippen molar-refractivity contribution in [3.05, 3.63) is 70.9 Å². The van der Waals surface area contributed by atoms with Crippen LogP contribution < -0.4 is 10.1 Å². The number of amides is 1. The van der Waals surface area contributed by atoms with Crippen molar-refractivity contribution in [3.63, 3.8) is 0 Å². The van der Waals surface area contributed by atoms with Crippen molar-refractivity contribution in [2.24, 2.45) is 0 Å². The van der Waals surface area contributed by atoms with Crippen LogP contribution in [-0.2, 0) is 16.1 Å². The van der Waals surface area contributed by atoms with E-state index in [1.807, 2.05) is 50.4 Å². The summed E-state index contributed by atoms with van der Waals surface area (Å²) in [7, 11) is 0. The van der Waals surface area contributed by atoms with Crippen LogP contribution in [0.25, 0.3) is 17.0 Å². The molecule has 6 nitrogen and oxygen atoms in total. The Labute approximate surface area is 194 Å². The highest BCUT2D eigenvalue weighted by Gasteiger charge is 2.18.